The van der Waals surface area contributed by atoms with Crippen molar-refractivity contribution in [1.82, 2.24) is 10.3 Å². The van der Waals surface area contributed by atoms with Gasteiger partial charge in [0.25, 0.3) is 0 Å². The summed E-state index contributed by atoms with van der Waals surface area (Å²) in [5.74, 6) is 0.336. The molecule has 0 unspecified atom stereocenters. The van der Waals surface area contributed by atoms with Gasteiger partial charge < -0.3 is 16.4 Å². The molecule has 26 heavy (non-hydrogen) atoms. The summed E-state index contributed by atoms with van der Waals surface area (Å²) in [5, 5.41) is 9.57. The topological polar surface area (TPSA) is 63.0 Å². The molecule has 4 rings (SSSR count). The normalized spacial score (nSPS) is 21.0. The van der Waals surface area contributed by atoms with E-state index in [0.717, 1.165) is 52.9 Å². The first kappa shape index (κ1) is 18.7. The van der Waals surface area contributed by atoms with Crippen molar-refractivity contribution in [3.8, 4) is 0 Å². The van der Waals surface area contributed by atoms with Crippen molar-refractivity contribution in [2.45, 2.75) is 31.3 Å². The summed E-state index contributed by atoms with van der Waals surface area (Å²) >= 11 is 13.6. The summed E-state index contributed by atoms with van der Waals surface area (Å²) in [6.45, 7) is 2.76. The number of thiophene rings is 2. The van der Waals surface area contributed by atoms with Crippen LogP contribution < -0.4 is 16.4 Å². The Morgan fingerprint density at radius 1 is 1.38 bits per heavy atom. The van der Waals surface area contributed by atoms with Gasteiger partial charge in [0.15, 0.2) is 0 Å². The molecule has 0 aromatic carbocycles. The Morgan fingerprint density at radius 3 is 3.04 bits per heavy atom. The lowest BCUT2D eigenvalue weighted by molar-refractivity contribution is 0.524. The van der Waals surface area contributed by atoms with E-state index in [1.165, 1.54) is 9.75 Å². The minimum Gasteiger partial charge on any atom is -0.379 e. The second-order valence-electron chi connectivity index (χ2n) is 6.48. The van der Waals surface area contributed by atoms with Gasteiger partial charge in [-0.1, -0.05) is 17.7 Å². The third kappa shape index (κ3) is 3.79. The monoisotopic (exact) mass is 470 g/mol. The predicted molar refractivity (Wildman–Crippen MR) is 117 cm³/mol. The van der Waals surface area contributed by atoms with E-state index in [9.17, 15) is 0 Å². The molecule has 2 atom stereocenters. The van der Waals surface area contributed by atoms with Crippen LogP contribution in [0, 0.1) is 0 Å². The van der Waals surface area contributed by atoms with E-state index in [4.69, 9.17) is 17.3 Å². The first-order chi connectivity index (χ1) is 12.6. The number of nitrogens with two attached hydrogens (primary N) is 1. The fraction of sp³-hybridized carbons (Fsp3) is 0.389. The quantitative estimate of drug-likeness (QED) is 0.459. The van der Waals surface area contributed by atoms with Gasteiger partial charge >= 0.3 is 0 Å². The Bertz CT molecular complexity index is 896. The van der Waals surface area contributed by atoms with Gasteiger partial charge in [0, 0.05) is 34.3 Å². The highest BCUT2D eigenvalue weighted by Crippen LogP contribution is 2.45. The van der Waals surface area contributed by atoms with E-state index in [1.807, 2.05) is 6.07 Å². The molecule has 1 aliphatic rings. The number of rotatable bonds is 4. The van der Waals surface area contributed by atoms with Crippen LogP contribution in [0.1, 0.15) is 28.5 Å². The Balaban J connectivity index is 1.72. The second-order valence-corrected chi connectivity index (χ2v) is 9.75. The maximum Gasteiger partial charge on any atom is 0.131 e. The molecule has 4 N–H and O–H groups in total. The zero-order chi connectivity index (χ0) is 18.1. The highest BCUT2D eigenvalue weighted by molar-refractivity contribution is 9.10. The predicted octanol–water partition coefficient (Wildman–Crippen LogP) is 5.18. The van der Waals surface area contributed by atoms with E-state index in [-0.39, 0.29) is 6.04 Å². The molecule has 138 valence electrons. The number of aromatic nitrogens is 1. The molecule has 3 aromatic rings. The number of nitrogens with one attached hydrogen (secondary N) is 2. The van der Waals surface area contributed by atoms with Crippen LogP contribution in [-0.2, 0) is 6.54 Å². The van der Waals surface area contributed by atoms with Crippen molar-refractivity contribution in [2.75, 3.05) is 18.4 Å². The minimum absolute atomic E-state index is 0.160. The molecule has 0 radical (unpaired) electrons. The number of nitrogens with zero attached hydrogens (tertiary/aromatic N) is 1. The van der Waals surface area contributed by atoms with E-state index < -0.39 is 0 Å². The van der Waals surface area contributed by atoms with Gasteiger partial charge in [-0.15, -0.1) is 22.7 Å². The summed E-state index contributed by atoms with van der Waals surface area (Å²) in [7, 11) is 0. The number of halogens is 2. The summed E-state index contributed by atoms with van der Waals surface area (Å²) in [4.78, 5) is 7.15. The standard InChI is InChI=1S/C18H20BrClN4S2/c19-15-16-18(26-17(15)11-3-5-22-6-4-12(11)21)13(8-14(20)24-16)23-9-10-2-1-7-25-10/h1-2,7-8,11-12,22H,3-6,9,21H2,(H,23,24)/t11-,12-/m1/s1. The molecule has 0 amide bonds. The molecule has 1 fully saturated rings. The number of pyridine rings is 1. The molecule has 4 nitrogen and oxygen atoms in total. The van der Waals surface area contributed by atoms with E-state index in [1.54, 1.807) is 22.7 Å². The summed E-state index contributed by atoms with van der Waals surface area (Å²) in [6.07, 6.45) is 2.03. The number of hydrogen-bond acceptors (Lipinski definition) is 6. The fourth-order valence-electron chi connectivity index (χ4n) is 3.38. The Hall–Kier alpha value is -0.700. The van der Waals surface area contributed by atoms with Crippen molar-refractivity contribution in [3.05, 3.63) is 43.0 Å². The van der Waals surface area contributed by atoms with Crippen LogP contribution in [0.15, 0.2) is 28.1 Å². The van der Waals surface area contributed by atoms with Crippen LogP contribution in [0.3, 0.4) is 0 Å². The summed E-state index contributed by atoms with van der Waals surface area (Å²) in [6, 6.07) is 6.27. The first-order valence-corrected chi connectivity index (χ1v) is 11.5. The lowest BCUT2D eigenvalue weighted by atomic mass is 9.94. The molecule has 4 heterocycles. The van der Waals surface area contributed by atoms with Crippen LogP contribution >= 0.6 is 50.2 Å². The molecule has 1 saturated heterocycles. The van der Waals surface area contributed by atoms with Crippen molar-refractivity contribution in [3.63, 3.8) is 0 Å². The maximum atomic E-state index is 6.48. The zero-order valence-corrected chi connectivity index (χ0v) is 18.1. The highest BCUT2D eigenvalue weighted by atomic mass is 79.9. The molecule has 8 heteroatoms. The molecule has 3 aromatic heterocycles. The molecular weight excluding hydrogens is 452 g/mol. The van der Waals surface area contributed by atoms with Gasteiger partial charge in [-0.25, -0.2) is 4.98 Å². The average Bonchev–Trinajstić information content (AvgIpc) is 3.19. The third-order valence-corrected chi connectivity index (χ3v) is 8.23. The molecular formula is C18H20BrClN4S2. The fourth-order valence-corrected chi connectivity index (χ4v) is 6.51. The first-order valence-electron chi connectivity index (χ1n) is 8.64. The van der Waals surface area contributed by atoms with Crippen LogP contribution in [0.25, 0.3) is 10.2 Å². The SMILES string of the molecule is N[C@@H]1CCNCC[C@H]1c1sc2c(NCc3cccs3)cc(Cl)nc2c1Br. The summed E-state index contributed by atoms with van der Waals surface area (Å²) < 4.78 is 2.18. The van der Waals surface area contributed by atoms with Crippen LogP contribution in [0.2, 0.25) is 5.15 Å². The van der Waals surface area contributed by atoms with Gasteiger partial charge in [-0.05, 0) is 53.3 Å². The Morgan fingerprint density at radius 2 is 2.23 bits per heavy atom. The largest absolute Gasteiger partial charge is 0.379 e. The van der Waals surface area contributed by atoms with E-state index in [2.05, 4.69) is 49.1 Å². The molecule has 0 spiro atoms. The number of anilines is 1. The zero-order valence-electron chi connectivity index (χ0n) is 14.1. The third-order valence-electron chi connectivity index (χ3n) is 4.75. The molecule has 1 aliphatic heterocycles. The summed E-state index contributed by atoms with van der Waals surface area (Å²) in [5.41, 5.74) is 8.44. The van der Waals surface area contributed by atoms with Gasteiger partial charge in [0.2, 0.25) is 0 Å². The smallest absolute Gasteiger partial charge is 0.131 e. The van der Waals surface area contributed by atoms with E-state index >= 15 is 0 Å². The van der Waals surface area contributed by atoms with Crippen molar-refractivity contribution in [2.24, 2.45) is 5.73 Å². The maximum absolute atomic E-state index is 6.48. The molecule has 0 aliphatic carbocycles. The molecule has 0 bridgehead atoms. The minimum atomic E-state index is 0.160. The number of hydrogen-bond donors (Lipinski definition) is 3. The highest BCUT2D eigenvalue weighted by Gasteiger charge is 2.27. The van der Waals surface area contributed by atoms with Crippen molar-refractivity contribution < 1.29 is 0 Å². The van der Waals surface area contributed by atoms with E-state index in [0.29, 0.717) is 11.1 Å². The van der Waals surface area contributed by atoms with Gasteiger partial charge in [-0.3, -0.25) is 0 Å². The van der Waals surface area contributed by atoms with Crippen LogP contribution in [0.5, 0.6) is 0 Å². The second kappa shape index (κ2) is 8.12. The lowest BCUT2D eigenvalue weighted by Gasteiger charge is -2.19. The average molecular weight is 472 g/mol. The van der Waals surface area contributed by atoms with Crippen LogP contribution in [-0.4, -0.2) is 24.1 Å². The van der Waals surface area contributed by atoms with Crippen LogP contribution in [0.4, 0.5) is 5.69 Å². The van der Waals surface area contributed by atoms with Gasteiger partial charge in [-0.2, -0.15) is 0 Å². The molecule has 0 saturated carbocycles. The Labute approximate surface area is 174 Å². The Kier molecular flexibility index (Phi) is 5.83. The van der Waals surface area contributed by atoms with Gasteiger partial charge in [0.1, 0.15) is 5.15 Å². The van der Waals surface area contributed by atoms with Crippen molar-refractivity contribution >= 4 is 66.1 Å². The van der Waals surface area contributed by atoms with Gasteiger partial charge in [0.05, 0.1) is 20.4 Å². The number of fused-ring (bicyclic) bond motifs is 1. The van der Waals surface area contributed by atoms with Crippen molar-refractivity contribution in [1.29, 1.82) is 0 Å². The lowest BCUT2D eigenvalue weighted by Crippen LogP contribution is -2.28.